The van der Waals surface area contributed by atoms with E-state index in [1.165, 1.54) is 19.3 Å². The summed E-state index contributed by atoms with van der Waals surface area (Å²) in [5.41, 5.74) is 0.244. The maximum Gasteiger partial charge on any atom is 0.224 e. The Hall–Kier alpha value is -1.07. The van der Waals surface area contributed by atoms with E-state index in [0.29, 0.717) is 16.8 Å². The van der Waals surface area contributed by atoms with E-state index in [9.17, 15) is 0 Å². The summed E-state index contributed by atoms with van der Waals surface area (Å²) in [7, 11) is 6.04. The molecule has 0 bridgehead atoms. The quantitative estimate of drug-likeness (QED) is 0.857. The number of nitrogens with zero attached hydrogens (tertiary/aromatic N) is 3. The van der Waals surface area contributed by atoms with Crippen molar-refractivity contribution in [2.75, 3.05) is 38.3 Å². The summed E-state index contributed by atoms with van der Waals surface area (Å²) < 4.78 is 0. The second-order valence-electron chi connectivity index (χ2n) is 4.97. The molecule has 0 spiro atoms. The molecule has 5 nitrogen and oxygen atoms in total. The molecule has 1 aromatic rings. The summed E-state index contributed by atoms with van der Waals surface area (Å²) in [4.78, 5) is 10.7. The van der Waals surface area contributed by atoms with E-state index in [1.54, 1.807) is 13.2 Å². The van der Waals surface area contributed by atoms with E-state index in [4.69, 9.17) is 11.6 Å². The highest BCUT2D eigenvalue weighted by molar-refractivity contribution is 6.32. The molecule has 0 aromatic carbocycles. The largest absolute Gasteiger partial charge is 0.367 e. The highest BCUT2D eigenvalue weighted by Crippen LogP contribution is 2.36. The summed E-state index contributed by atoms with van der Waals surface area (Å²) in [6.07, 6.45) is 5.34. The lowest BCUT2D eigenvalue weighted by Crippen LogP contribution is -2.54. The number of aromatic nitrogens is 2. The van der Waals surface area contributed by atoms with E-state index in [0.717, 1.165) is 6.54 Å². The van der Waals surface area contributed by atoms with Crippen LogP contribution in [0.4, 0.5) is 11.8 Å². The molecule has 0 saturated heterocycles. The van der Waals surface area contributed by atoms with Crippen molar-refractivity contribution in [3.05, 3.63) is 11.2 Å². The summed E-state index contributed by atoms with van der Waals surface area (Å²) in [6.45, 7) is 0.861. The average molecular weight is 270 g/mol. The molecule has 1 fully saturated rings. The van der Waals surface area contributed by atoms with Crippen molar-refractivity contribution < 1.29 is 0 Å². The van der Waals surface area contributed by atoms with Crippen molar-refractivity contribution >= 4 is 23.4 Å². The highest BCUT2D eigenvalue weighted by Gasteiger charge is 2.38. The highest BCUT2D eigenvalue weighted by atomic mass is 35.5. The van der Waals surface area contributed by atoms with Crippen molar-refractivity contribution in [2.24, 2.45) is 0 Å². The lowest BCUT2D eigenvalue weighted by atomic mass is 9.75. The Balaban J connectivity index is 2.05. The third-order valence-corrected chi connectivity index (χ3v) is 4.06. The predicted molar refractivity (Wildman–Crippen MR) is 75.3 cm³/mol. The standard InChI is InChI=1S/C12H20ClN5/c1-14-11-15-7-9(13)10(17-11)16-8-12(18(2)3)5-4-6-12/h7H,4-6,8H2,1-3H3,(H2,14,15,16,17). The van der Waals surface area contributed by atoms with Crippen LogP contribution in [-0.4, -0.2) is 48.1 Å². The van der Waals surface area contributed by atoms with Gasteiger partial charge in [-0.3, -0.25) is 0 Å². The molecular formula is C12H20ClN5. The smallest absolute Gasteiger partial charge is 0.224 e. The van der Waals surface area contributed by atoms with Gasteiger partial charge in [-0.15, -0.1) is 0 Å². The van der Waals surface area contributed by atoms with Crippen molar-refractivity contribution in [3.8, 4) is 0 Å². The third kappa shape index (κ3) is 2.52. The first-order valence-electron chi connectivity index (χ1n) is 6.19. The van der Waals surface area contributed by atoms with Gasteiger partial charge in [0.2, 0.25) is 5.95 Å². The average Bonchev–Trinajstić information content (AvgIpc) is 2.29. The van der Waals surface area contributed by atoms with Gasteiger partial charge in [-0.05, 0) is 33.4 Å². The van der Waals surface area contributed by atoms with Gasteiger partial charge in [0.15, 0.2) is 5.82 Å². The lowest BCUT2D eigenvalue weighted by Gasteiger charge is -2.47. The Bertz CT molecular complexity index is 417. The maximum atomic E-state index is 6.09. The molecule has 0 unspecified atom stereocenters. The number of hydrogen-bond acceptors (Lipinski definition) is 5. The second kappa shape index (κ2) is 5.28. The molecule has 18 heavy (non-hydrogen) atoms. The monoisotopic (exact) mass is 269 g/mol. The predicted octanol–water partition coefficient (Wildman–Crippen LogP) is 2.07. The van der Waals surface area contributed by atoms with Crippen molar-refractivity contribution in [2.45, 2.75) is 24.8 Å². The normalized spacial score (nSPS) is 17.4. The van der Waals surface area contributed by atoms with E-state index in [-0.39, 0.29) is 5.54 Å². The van der Waals surface area contributed by atoms with E-state index >= 15 is 0 Å². The first-order chi connectivity index (χ1) is 8.57. The van der Waals surface area contributed by atoms with E-state index < -0.39 is 0 Å². The third-order valence-electron chi connectivity index (χ3n) is 3.79. The number of likely N-dealkylation sites (N-methyl/N-ethyl adjacent to an activating group) is 1. The van der Waals surface area contributed by atoms with E-state index in [2.05, 4.69) is 39.6 Å². The van der Waals surface area contributed by atoms with Gasteiger partial charge < -0.3 is 15.5 Å². The van der Waals surface area contributed by atoms with Gasteiger partial charge in [0.05, 0.1) is 6.20 Å². The number of nitrogens with one attached hydrogen (secondary N) is 2. The fourth-order valence-electron chi connectivity index (χ4n) is 2.23. The molecule has 0 amide bonds. The van der Waals surface area contributed by atoms with Gasteiger partial charge in [0.25, 0.3) is 0 Å². The molecule has 0 atom stereocenters. The Morgan fingerprint density at radius 3 is 2.67 bits per heavy atom. The summed E-state index contributed by atoms with van der Waals surface area (Å²) >= 11 is 6.09. The first-order valence-corrected chi connectivity index (χ1v) is 6.57. The van der Waals surface area contributed by atoms with Crippen LogP contribution in [0.2, 0.25) is 5.02 Å². The molecule has 1 aliphatic carbocycles. The minimum atomic E-state index is 0.244. The summed E-state index contributed by atoms with van der Waals surface area (Å²) in [5, 5.41) is 6.82. The van der Waals surface area contributed by atoms with Gasteiger partial charge in [0.1, 0.15) is 5.02 Å². The first kappa shape index (κ1) is 13.4. The zero-order chi connectivity index (χ0) is 13.2. The molecule has 0 radical (unpaired) electrons. The van der Waals surface area contributed by atoms with Crippen LogP contribution < -0.4 is 10.6 Å². The van der Waals surface area contributed by atoms with Crippen LogP contribution in [0.15, 0.2) is 6.20 Å². The minimum absolute atomic E-state index is 0.244. The Morgan fingerprint density at radius 1 is 1.44 bits per heavy atom. The fourth-order valence-corrected chi connectivity index (χ4v) is 2.38. The molecule has 1 aromatic heterocycles. The van der Waals surface area contributed by atoms with Crippen LogP contribution in [0.3, 0.4) is 0 Å². The number of anilines is 2. The molecular weight excluding hydrogens is 250 g/mol. The van der Waals surface area contributed by atoms with Crippen LogP contribution in [0.5, 0.6) is 0 Å². The van der Waals surface area contributed by atoms with Crippen molar-refractivity contribution in [3.63, 3.8) is 0 Å². The van der Waals surface area contributed by atoms with Crippen molar-refractivity contribution in [1.29, 1.82) is 0 Å². The Kier molecular flexibility index (Phi) is 3.92. The van der Waals surface area contributed by atoms with Gasteiger partial charge >= 0.3 is 0 Å². The van der Waals surface area contributed by atoms with Crippen LogP contribution in [0.1, 0.15) is 19.3 Å². The van der Waals surface area contributed by atoms with Gasteiger partial charge in [-0.1, -0.05) is 11.6 Å². The number of halogens is 1. The second-order valence-corrected chi connectivity index (χ2v) is 5.37. The zero-order valence-electron chi connectivity index (χ0n) is 11.1. The van der Waals surface area contributed by atoms with Crippen LogP contribution in [0, 0.1) is 0 Å². The summed E-state index contributed by atoms with van der Waals surface area (Å²) in [5.74, 6) is 1.28. The molecule has 2 N–H and O–H groups in total. The molecule has 1 aliphatic rings. The Labute approximate surface area is 113 Å². The van der Waals surface area contributed by atoms with Crippen LogP contribution >= 0.6 is 11.6 Å². The topological polar surface area (TPSA) is 53.1 Å². The van der Waals surface area contributed by atoms with E-state index in [1.807, 2.05) is 0 Å². The number of hydrogen-bond donors (Lipinski definition) is 2. The molecule has 2 rings (SSSR count). The van der Waals surface area contributed by atoms with Gasteiger partial charge in [-0.2, -0.15) is 4.98 Å². The Morgan fingerprint density at radius 2 is 2.17 bits per heavy atom. The van der Waals surface area contributed by atoms with Crippen LogP contribution in [-0.2, 0) is 0 Å². The van der Waals surface area contributed by atoms with Gasteiger partial charge in [0, 0.05) is 19.1 Å². The summed E-state index contributed by atoms with van der Waals surface area (Å²) in [6, 6.07) is 0. The molecule has 6 heteroatoms. The minimum Gasteiger partial charge on any atom is -0.367 e. The fraction of sp³-hybridized carbons (Fsp3) is 0.667. The molecule has 1 saturated carbocycles. The SMILES string of the molecule is CNc1ncc(Cl)c(NCC2(N(C)C)CCC2)n1. The molecule has 100 valence electrons. The molecule has 1 heterocycles. The van der Waals surface area contributed by atoms with Gasteiger partial charge in [-0.25, -0.2) is 4.98 Å². The zero-order valence-corrected chi connectivity index (χ0v) is 11.9. The van der Waals surface area contributed by atoms with Crippen molar-refractivity contribution in [1.82, 2.24) is 14.9 Å². The van der Waals surface area contributed by atoms with Crippen LogP contribution in [0.25, 0.3) is 0 Å². The lowest BCUT2D eigenvalue weighted by molar-refractivity contribution is 0.0738. The number of rotatable bonds is 5. The molecule has 0 aliphatic heterocycles. The maximum absolute atomic E-state index is 6.09.